The maximum absolute atomic E-state index is 11.7. The molecular formula is C11H14N2O6. The van der Waals surface area contributed by atoms with Crippen LogP contribution in [-0.4, -0.2) is 42.8 Å². The van der Waals surface area contributed by atoms with Gasteiger partial charge in [0.1, 0.15) is 18.4 Å². The summed E-state index contributed by atoms with van der Waals surface area (Å²) in [5.41, 5.74) is -0.380. The normalized spacial score (nSPS) is 10.0. The van der Waals surface area contributed by atoms with Crippen molar-refractivity contribution < 1.29 is 23.9 Å². The lowest BCUT2D eigenvalue weighted by Gasteiger charge is -2.09. The Morgan fingerprint density at radius 1 is 1.47 bits per heavy atom. The molecule has 1 aromatic rings. The maximum Gasteiger partial charge on any atom is 0.343 e. The first-order valence-corrected chi connectivity index (χ1v) is 5.53. The van der Waals surface area contributed by atoms with E-state index in [0.29, 0.717) is 6.61 Å². The number of pyridine rings is 1. The molecular weight excluding hydrogens is 256 g/mol. The molecule has 0 spiro atoms. The molecule has 0 bridgehead atoms. The van der Waals surface area contributed by atoms with Gasteiger partial charge in [-0.2, -0.15) is 0 Å². The molecule has 0 aromatic carbocycles. The highest BCUT2D eigenvalue weighted by molar-refractivity contribution is 5.92. The van der Waals surface area contributed by atoms with Crippen LogP contribution < -0.4 is 4.74 Å². The number of aromatic nitrogens is 1. The van der Waals surface area contributed by atoms with E-state index < -0.39 is 10.9 Å². The number of esters is 1. The van der Waals surface area contributed by atoms with Crippen LogP contribution in [0.2, 0.25) is 0 Å². The molecule has 0 unspecified atom stereocenters. The molecule has 0 amide bonds. The molecule has 19 heavy (non-hydrogen) atoms. The summed E-state index contributed by atoms with van der Waals surface area (Å²) in [4.78, 5) is 25.4. The van der Waals surface area contributed by atoms with Gasteiger partial charge in [0.05, 0.1) is 18.1 Å². The fraction of sp³-hybridized carbons (Fsp3) is 0.455. The largest absolute Gasteiger partial charge is 0.475 e. The molecule has 0 aliphatic rings. The predicted molar refractivity (Wildman–Crippen MR) is 64.2 cm³/mol. The van der Waals surface area contributed by atoms with Crippen molar-refractivity contribution in [2.75, 3.05) is 26.9 Å². The number of carbonyl (C=O) groups is 1. The molecule has 1 heterocycles. The number of ether oxygens (including phenoxy) is 3. The lowest BCUT2D eigenvalue weighted by Crippen LogP contribution is -2.12. The van der Waals surface area contributed by atoms with Gasteiger partial charge in [-0.05, 0) is 6.92 Å². The van der Waals surface area contributed by atoms with E-state index in [-0.39, 0.29) is 30.3 Å². The average molecular weight is 270 g/mol. The second kappa shape index (κ2) is 7.27. The van der Waals surface area contributed by atoms with Gasteiger partial charge < -0.3 is 14.2 Å². The summed E-state index contributed by atoms with van der Waals surface area (Å²) < 4.78 is 14.8. The molecule has 8 heteroatoms. The van der Waals surface area contributed by atoms with Gasteiger partial charge in [-0.15, -0.1) is 0 Å². The van der Waals surface area contributed by atoms with Gasteiger partial charge >= 0.3 is 5.97 Å². The quantitative estimate of drug-likeness (QED) is 0.317. The van der Waals surface area contributed by atoms with Crippen molar-refractivity contribution in [2.45, 2.75) is 6.92 Å². The third kappa shape index (κ3) is 4.18. The molecule has 104 valence electrons. The van der Waals surface area contributed by atoms with E-state index in [1.165, 1.54) is 7.11 Å². The van der Waals surface area contributed by atoms with Crippen LogP contribution in [0.15, 0.2) is 12.3 Å². The summed E-state index contributed by atoms with van der Waals surface area (Å²) in [5, 5.41) is 10.7. The van der Waals surface area contributed by atoms with Crippen molar-refractivity contribution in [2.24, 2.45) is 0 Å². The number of hydrogen-bond acceptors (Lipinski definition) is 7. The second-order valence-corrected chi connectivity index (χ2v) is 3.37. The molecule has 1 rings (SSSR count). The summed E-state index contributed by atoms with van der Waals surface area (Å²) in [7, 11) is 1.50. The van der Waals surface area contributed by atoms with Crippen LogP contribution >= 0.6 is 0 Å². The van der Waals surface area contributed by atoms with E-state index in [4.69, 9.17) is 14.2 Å². The lowest BCUT2D eigenvalue weighted by molar-refractivity contribution is -0.385. The molecule has 0 saturated heterocycles. The number of hydrogen-bond donors (Lipinski definition) is 0. The smallest absolute Gasteiger partial charge is 0.343 e. The van der Waals surface area contributed by atoms with Crippen LogP contribution in [0.25, 0.3) is 0 Å². The lowest BCUT2D eigenvalue weighted by atomic mass is 10.2. The third-order valence-corrected chi connectivity index (χ3v) is 2.07. The first-order chi connectivity index (χ1) is 9.10. The van der Waals surface area contributed by atoms with Crippen molar-refractivity contribution in [3.63, 3.8) is 0 Å². The molecule has 0 aliphatic carbocycles. The summed E-state index contributed by atoms with van der Waals surface area (Å²) >= 11 is 0. The van der Waals surface area contributed by atoms with Crippen molar-refractivity contribution in [3.8, 4) is 5.88 Å². The minimum Gasteiger partial charge on any atom is -0.475 e. The molecule has 8 nitrogen and oxygen atoms in total. The van der Waals surface area contributed by atoms with Gasteiger partial charge in [0.15, 0.2) is 0 Å². The standard InChI is InChI=1S/C11H14N2O6/c1-3-18-11(14)9-6-8(13(15)16)7-12-10(9)19-5-4-17-2/h6-7H,3-5H2,1-2H3. The van der Waals surface area contributed by atoms with Crippen molar-refractivity contribution in [1.82, 2.24) is 4.98 Å². The summed E-state index contributed by atoms with van der Waals surface area (Å²) in [5.74, 6) is -0.729. The minimum absolute atomic E-state index is 0.0129. The fourth-order valence-corrected chi connectivity index (χ4v) is 1.23. The maximum atomic E-state index is 11.7. The van der Waals surface area contributed by atoms with Crippen LogP contribution in [0.1, 0.15) is 17.3 Å². The van der Waals surface area contributed by atoms with Gasteiger partial charge in [-0.25, -0.2) is 9.78 Å². The van der Waals surface area contributed by atoms with E-state index in [1.807, 2.05) is 0 Å². The van der Waals surface area contributed by atoms with Crippen molar-refractivity contribution in [1.29, 1.82) is 0 Å². The third-order valence-electron chi connectivity index (χ3n) is 2.07. The molecule has 0 aliphatic heterocycles. The Hall–Kier alpha value is -2.22. The highest BCUT2D eigenvalue weighted by Gasteiger charge is 2.20. The molecule has 1 aromatic heterocycles. The van der Waals surface area contributed by atoms with Crippen LogP contribution in [0.3, 0.4) is 0 Å². The van der Waals surface area contributed by atoms with Crippen LogP contribution in [0, 0.1) is 10.1 Å². The van der Waals surface area contributed by atoms with Gasteiger partial charge in [0, 0.05) is 13.2 Å². The number of nitrogens with zero attached hydrogens (tertiary/aromatic N) is 2. The van der Waals surface area contributed by atoms with Gasteiger partial charge in [0.2, 0.25) is 5.88 Å². The number of carbonyl (C=O) groups excluding carboxylic acids is 1. The predicted octanol–water partition coefficient (Wildman–Crippen LogP) is 1.19. The number of methoxy groups -OCH3 is 1. The summed E-state index contributed by atoms with van der Waals surface area (Å²) in [6.07, 6.45) is 1.02. The molecule has 0 fully saturated rings. The zero-order valence-corrected chi connectivity index (χ0v) is 10.6. The Labute approximate surface area is 109 Å². The Balaban J connectivity index is 3.00. The van der Waals surface area contributed by atoms with E-state index >= 15 is 0 Å². The van der Waals surface area contributed by atoms with E-state index in [0.717, 1.165) is 12.3 Å². The second-order valence-electron chi connectivity index (χ2n) is 3.37. The van der Waals surface area contributed by atoms with E-state index in [9.17, 15) is 14.9 Å². The van der Waals surface area contributed by atoms with E-state index in [1.54, 1.807) is 6.92 Å². The zero-order valence-electron chi connectivity index (χ0n) is 10.6. The number of rotatable bonds is 7. The molecule has 0 saturated carbocycles. The van der Waals surface area contributed by atoms with Gasteiger partial charge in [0.25, 0.3) is 5.69 Å². The number of nitro groups is 1. The first kappa shape index (κ1) is 14.8. The summed E-state index contributed by atoms with van der Waals surface area (Å²) in [6.45, 7) is 2.27. The Morgan fingerprint density at radius 3 is 2.79 bits per heavy atom. The Bertz CT molecular complexity index is 462. The SMILES string of the molecule is CCOC(=O)c1cc([N+](=O)[O-])cnc1OCCOC. The van der Waals surface area contributed by atoms with Crippen molar-refractivity contribution >= 4 is 11.7 Å². The Kier molecular flexibility index (Phi) is 5.68. The first-order valence-electron chi connectivity index (χ1n) is 5.53. The van der Waals surface area contributed by atoms with Crippen LogP contribution in [0.5, 0.6) is 5.88 Å². The fourth-order valence-electron chi connectivity index (χ4n) is 1.23. The highest BCUT2D eigenvalue weighted by Crippen LogP contribution is 2.21. The van der Waals surface area contributed by atoms with Gasteiger partial charge in [-0.1, -0.05) is 0 Å². The molecule has 0 radical (unpaired) electrons. The summed E-state index contributed by atoms with van der Waals surface area (Å²) in [6, 6.07) is 1.08. The Morgan fingerprint density at radius 2 is 2.21 bits per heavy atom. The van der Waals surface area contributed by atoms with Crippen LogP contribution in [0.4, 0.5) is 5.69 Å². The van der Waals surface area contributed by atoms with E-state index in [2.05, 4.69) is 4.98 Å². The molecule has 0 N–H and O–H groups in total. The van der Waals surface area contributed by atoms with Crippen molar-refractivity contribution in [3.05, 3.63) is 27.9 Å². The molecule has 0 atom stereocenters. The van der Waals surface area contributed by atoms with Gasteiger partial charge in [-0.3, -0.25) is 10.1 Å². The average Bonchev–Trinajstić information content (AvgIpc) is 2.39. The zero-order chi connectivity index (χ0) is 14.3. The monoisotopic (exact) mass is 270 g/mol. The topological polar surface area (TPSA) is 101 Å². The highest BCUT2D eigenvalue weighted by atomic mass is 16.6. The van der Waals surface area contributed by atoms with Crippen LogP contribution in [-0.2, 0) is 9.47 Å². The minimum atomic E-state index is -0.717.